The summed E-state index contributed by atoms with van der Waals surface area (Å²) in [5.74, 6) is 0.174. The first kappa shape index (κ1) is 15.6. The monoisotopic (exact) mass is 340 g/mol. The minimum Gasteiger partial charge on any atom is -0.395 e. The zero-order chi connectivity index (χ0) is 14.5. The summed E-state index contributed by atoms with van der Waals surface area (Å²) >= 11 is 3.38. The van der Waals surface area contributed by atoms with Gasteiger partial charge in [-0.1, -0.05) is 28.1 Å². The average molecular weight is 341 g/mol. The van der Waals surface area contributed by atoms with E-state index in [1.807, 2.05) is 31.2 Å². The number of hydrogen-bond acceptors (Lipinski definition) is 4. The molecule has 0 amide bonds. The molecule has 1 heterocycles. The van der Waals surface area contributed by atoms with Crippen molar-refractivity contribution in [3.63, 3.8) is 0 Å². The van der Waals surface area contributed by atoms with E-state index in [0.717, 1.165) is 42.8 Å². The molecule has 0 saturated carbocycles. The van der Waals surface area contributed by atoms with Gasteiger partial charge in [0.05, 0.1) is 12.6 Å². The normalized spacial score (nSPS) is 18.9. The molecule has 1 unspecified atom stereocenters. The smallest absolute Gasteiger partial charge is 0.179 e. The number of ketones is 1. The van der Waals surface area contributed by atoms with Crippen LogP contribution in [-0.2, 0) is 0 Å². The van der Waals surface area contributed by atoms with Gasteiger partial charge in [-0.15, -0.1) is 0 Å². The number of β-amino-alcohol motifs (C(OH)–C–C–N with tert-alkyl or cyclic N) is 1. The summed E-state index contributed by atoms with van der Waals surface area (Å²) in [6.07, 6.45) is 0. The van der Waals surface area contributed by atoms with E-state index < -0.39 is 0 Å². The van der Waals surface area contributed by atoms with Gasteiger partial charge in [-0.2, -0.15) is 0 Å². The van der Waals surface area contributed by atoms with E-state index >= 15 is 0 Å². The van der Waals surface area contributed by atoms with Crippen LogP contribution in [0.25, 0.3) is 0 Å². The van der Waals surface area contributed by atoms with Crippen molar-refractivity contribution < 1.29 is 9.90 Å². The van der Waals surface area contributed by atoms with Gasteiger partial charge < -0.3 is 5.11 Å². The molecule has 5 heteroatoms. The van der Waals surface area contributed by atoms with E-state index in [1.165, 1.54) is 0 Å². The standard InChI is InChI=1S/C15H21BrN2O2/c1-12(15(20)13-2-4-14(16)5-3-13)18-8-6-17(7-9-18)10-11-19/h2-5,12,19H,6-11H2,1H3. The van der Waals surface area contributed by atoms with E-state index in [0.29, 0.717) is 0 Å². The quantitative estimate of drug-likeness (QED) is 0.827. The molecular formula is C15H21BrN2O2. The molecule has 110 valence electrons. The second-order valence-corrected chi connectivity index (χ2v) is 6.06. The second-order valence-electron chi connectivity index (χ2n) is 5.15. The molecule has 4 nitrogen and oxygen atoms in total. The fraction of sp³-hybridized carbons (Fsp3) is 0.533. The number of carbonyl (C=O) groups is 1. The predicted molar refractivity (Wildman–Crippen MR) is 83.0 cm³/mol. The van der Waals surface area contributed by atoms with Gasteiger partial charge in [-0.3, -0.25) is 14.6 Å². The number of rotatable bonds is 5. The summed E-state index contributed by atoms with van der Waals surface area (Å²) in [4.78, 5) is 16.9. The Labute approximate surface area is 128 Å². The molecule has 0 aromatic heterocycles. The van der Waals surface area contributed by atoms with Gasteiger partial charge in [0.15, 0.2) is 5.78 Å². The number of carbonyl (C=O) groups excluding carboxylic acids is 1. The Morgan fingerprint density at radius 3 is 2.40 bits per heavy atom. The van der Waals surface area contributed by atoms with Crippen LogP contribution in [0.5, 0.6) is 0 Å². The van der Waals surface area contributed by atoms with Crippen LogP contribution in [0.1, 0.15) is 17.3 Å². The highest BCUT2D eigenvalue weighted by Gasteiger charge is 2.25. The maximum absolute atomic E-state index is 12.5. The number of aliphatic hydroxyl groups is 1. The summed E-state index contributed by atoms with van der Waals surface area (Å²) in [7, 11) is 0. The highest BCUT2D eigenvalue weighted by Crippen LogP contribution is 2.15. The molecule has 1 aromatic rings. The number of halogens is 1. The van der Waals surface area contributed by atoms with E-state index in [4.69, 9.17) is 5.11 Å². The SMILES string of the molecule is CC(C(=O)c1ccc(Br)cc1)N1CCN(CCO)CC1. The van der Waals surface area contributed by atoms with Gasteiger partial charge in [0.25, 0.3) is 0 Å². The van der Waals surface area contributed by atoms with Crippen LogP contribution in [0, 0.1) is 0 Å². The minimum atomic E-state index is -0.0903. The van der Waals surface area contributed by atoms with Gasteiger partial charge in [0.1, 0.15) is 0 Å². The number of piperazine rings is 1. The first-order chi connectivity index (χ1) is 9.61. The second kappa shape index (κ2) is 7.31. The molecule has 1 fully saturated rings. The maximum atomic E-state index is 12.5. The highest BCUT2D eigenvalue weighted by atomic mass is 79.9. The molecule has 1 aliphatic heterocycles. The lowest BCUT2D eigenvalue weighted by Crippen LogP contribution is -2.52. The maximum Gasteiger partial charge on any atom is 0.179 e. The zero-order valence-electron chi connectivity index (χ0n) is 11.8. The molecule has 20 heavy (non-hydrogen) atoms. The minimum absolute atomic E-state index is 0.0903. The van der Waals surface area contributed by atoms with Crippen LogP contribution in [0.15, 0.2) is 28.7 Å². The Balaban J connectivity index is 1.93. The van der Waals surface area contributed by atoms with Gasteiger partial charge in [0, 0.05) is 42.8 Å². The summed E-state index contributed by atoms with van der Waals surface area (Å²) in [6, 6.07) is 7.45. The van der Waals surface area contributed by atoms with Crippen molar-refractivity contribution in [3.8, 4) is 0 Å². The third-order valence-corrected chi connectivity index (χ3v) is 4.41. The Morgan fingerprint density at radius 1 is 1.25 bits per heavy atom. The lowest BCUT2D eigenvalue weighted by molar-refractivity contribution is 0.0663. The van der Waals surface area contributed by atoms with Crippen LogP contribution < -0.4 is 0 Å². The first-order valence-corrected chi connectivity index (χ1v) is 7.78. The lowest BCUT2D eigenvalue weighted by atomic mass is 10.0. The molecule has 1 aliphatic rings. The molecule has 1 N–H and O–H groups in total. The molecule has 0 bridgehead atoms. The summed E-state index contributed by atoms with van der Waals surface area (Å²) in [5, 5.41) is 8.94. The average Bonchev–Trinajstić information content (AvgIpc) is 2.48. The van der Waals surface area contributed by atoms with Crippen molar-refractivity contribution in [2.24, 2.45) is 0 Å². The first-order valence-electron chi connectivity index (χ1n) is 6.99. The van der Waals surface area contributed by atoms with Crippen LogP contribution >= 0.6 is 15.9 Å². The van der Waals surface area contributed by atoms with Crippen molar-refractivity contribution >= 4 is 21.7 Å². The van der Waals surface area contributed by atoms with Crippen molar-refractivity contribution in [1.29, 1.82) is 0 Å². The predicted octanol–water partition coefficient (Wildman–Crippen LogP) is 1.63. The third kappa shape index (κ3) is 3.88. The van der Waals surface area contributed by atoms with Gasteiger partial charge in [0.2, 0.25) is 0 Å². The van der Waals surface area contributed by atoms with E-state index in [2.05, 4.69) is 25.7 Å². The highest BCUT2D eigenvalue weighted by molar-refractivity contribution is 9.10. The van der Waals surface area contributed by atoms with Gasteiger partial charge in [-0.05, 0) is 19.1 Å². The Hall–Kier alpha value is -0.750. The molecule has 1 atom stereocenters. The van der Waals surface area contributed by atoms with E-state index in [9.17, 15) is 4.79 Å². The fourth-order valence-corrected chi connectivity index (χ4v) is 2.80. The summed E-state index contributed by atoms with van der Waals surface area (Å²) in [6.45, 7) is 6.49. The third-order valence-electron chi connectivity index (χ3n) is 3.88. The Bertz CT molecular complexity index is 442. The van der Waals surface area contributed by atoms with E-state index in [1.54, 1.807) is 0 Å². The van der Waals surface area contributed by atoms with Crippen molar-refractivity contribution in [3.05, 3.63) is 34.3 Å². The van der Waals surface area contributed by atoms with Crippen molar-refractivity contribution in [1.82, 2.24) is 9.80 Å². The van der Waals surface area contributed by atoms with E-state index in [-0.39, 0.29) is 18.4 Å². The molecule has 2 rings (SSSR count). The number of Topliss-reactive ketones (excluding diaryl/α,β-unsaturated/α-hetero) is 1. The lowest BCUT2D eigenvalue weighted by Gasteiger charge is -2.37. The molecule has 1 aromatic carbocycles. The number of nitrogens with zero attached hydrogens (tertiary/aromatic N) is 2. The topological polar surface area (TPSA) is 43.8 Å². The Kier molecular flexibility index (Phi) is 5.72. The molecule has 0 spiro atoms. The van der Waals surface area contributed by atoms with Crippen molar-refractivity contribution in [2.45, 2.75) is 13.0 Å². The van der Waals surface area contributed by atoms with Crippen molar-refractivity contribution in [2.75, 3.05) is 39.3 Å². The zero-order valence-corrected chi connectivity index (χ0v) is 13.3. The molecule has 0 aliphatic carbocycles. The molecule has 1 saturated heterocycles. The number of aliphatic hydroxyl groups excluding tert-OH is 1. The van der Waals surface area contributed by atoms with Crippen LogP contribution in [0.4, 0.5) is 0 Å². The van der Waals surface area contributed by atoms with Crippen LogP contribution in [-0.4, -0.2) is 66.1 Å². The number of hydrogen-bond donors (Lipinski definition) is 1. The molecule has 0 radical (unpaired) electrons. The Morgan fingerprint density at radius 2 is 1.85 bits per heavy atom. The van der Waals surface area contributed by atoms with Crippen LogP contribution in [0.2, 0.25) is 0 Å². The van der Waals surface area contributed by atoms with Crippen LogP contribution in [0.3, 0.4) is 0 Å². The van der Waals surface area contributed by atoms with Gasteiger partial charge in [-0.25, -0.2) is 0 Å². The van der Waals surface area contributed by atoms with Gasteiger partial charge >= 0.3 is 0 Å². The summed E-state index contributed by atoms with van der Waals surface area (Å²) in [5.41, 5.74) is 0.762. The number of benzene rings is 1. The molecular weight excluding hydrogens is 320 g/mol. The largest absolute Gasteiger partial charge is 0.395 e. The fourth-order valence-electron chi connectivity index (χ4n) is 2.54. The summed E-state index contributed by atoms with van der Waals surface area (Å²) < 4.78 is 0.985.